The summed E-state index contributed by atoms with van der Waals surface area (Å²) < 4.78 is 4.72. The van der Waals surface area contributed by atoms with E-state index in [0.717, 1.165) is 76.2 Å². The van der Waals surface area contributed by atoms with Crippen LogP contribution in [0.3, 0.4) is 0 Å². The van der Waals surface area contributed by atoms with Crippen LogP contribution in [0.1, 0.15) is 17.0 Å². The van der Waals surface area contributed by atoms with E-state index >= 15 is 0 Å². The maximum atomic E-state index is 4.92. The summed E-state index contributed by atoms with van der Waals surface area (Å²) in [6, 6.07) is 33.2. The van der Waals surface area contributed by atoms with E-state index in [9.17, 15) is 0 Å². The van der Waals surface area contributed by atoms with Crippen LogP contribution in [-0.2, 0) is 49.3 Å². The molecule has 2 heterocycles. The topological polar surface area (TPSA) is 73.5 Å². The van der Waals surface area contributed by atoms with Crippen LogP contribution in [0.25, 0.3) is 21.8 Å². The third-order valence-corrected chi connectivity index (χ3v) is 6.50. The Morgan fingerprint density at radius 2 is 1.25 bits per heavy atom. The molecule has 0 aliphatic carbocycles. The number of hydrogen-bond donors (Lipinski definition) is 1. The van der Waals surface area contributed by atoms with Crippen molar-refractivity contribution in [3.63, 3.8) is 0 Å². The van der Waals surface area contributed by atoms with Gasteiger partial charge in [-0.2, -0.15) is 5.90 Å². The van der Waals surface area contributed by atoms with Crippen LogP contribution < -0.4 is 5.90 Å². The first-order chi connectivity index (χ1) is 17.3. The molecule has 0 saturated carbocycles. The Balaban J connectivity index is 0.00000304. The van der Waals surface area contributed by atoms with Gasteiger partial charge in [-0.05, 0) is 48.4 Å². The average Bonchev–Trinajstić information content (AvgIpc) is 2.91. The molecule has 0 unspecified atom stereocenters. The molecule has 2 aromatic heterocycles. The fraction of sp³-hybridized carbons (Fsp3) is 0.143. The van der Waals surface area contributed by atoms with Gasteiger partial charge >= 0.3 is 0 Å². The van der Waals surface area contributed by atoms with Crippen LogP contribution in [0.5, 0.6) is 0 Å². The van der Waals surface area contributed by atoms with Crippen LogP contribution in [0.15, 0.2) is 102 Å². The largest absolute Gasteiger partial charge is 0.291 e. The van der Waals surface area contributed by atoms with Crippen molar-refractivity contribution in [3.8, 4) is 0 Å². The number of hydrogen-bond acceptors (Lipinski definition) is 7. The molecule has 0 saturated heterocycles. The number of nitrogens with zero attached hydrogens (tertiary/aromatic N) is 3. The molecule has 6 nitrogen and oxygen atoms in total. The number of rotatable bonds is 10. The summed E-state index contributed by atoms with van der Waals surface area (Å²) in [4.78, 5) is 17.3. The van der Waals surface area contributed by atoms with Crippen LogP contribution in [0.2, 0.25) is 0 Å². The summed E-state index contributed by atoms with van der Waals surface area (Å²) in [7, 11) is 0. The Morgan fingerprint density at radius 1 is 0.694 bits per heavy atom. The Labute approximate surface area is 228 Å². The van der Waals surface area contributed by atoms with E-state index < -0.39 is 0 Å². The molecule has 1 radical (unpaired) electrons. The normalized spacial score (nSPS) is 11.2. The molecule has 0 aliphatic heterocycles. The Hall–Kier alpha value is -2.67. The van der Waals surface area contributed by atoms with Crippen molar-refractivity contribution in [2.75, 3.05) is 6.54 Å². The predicted molar refractivity (Wildman–Crippen MR) is 140 cm³/mol. The number of aromatic nitrogens is 2. The minimum atomic E-state index is 0. The zero-order valence-electron chi connectivity index (χ0n) is 19.6. The van der Waals surface area contributed by atoms with Gasteiger partial charge in [0.2, 0.25) is 0 Å². The van der Waals surface area contributed by atoms with Crippen LogP contribution >= 0.6 is 12.0 Å². The van der Waals surface area contributed by atoms with Crippen molar-refractivity contribution >= 4 is 33.8 Å². The minimum Gasteiger partial charge on any atom is -0.291 e. The standard InChI is InChI=1S/C28H26N4O2S.Re/c29-33-34-35-26-15-9-21(10-16-26)17-18-32(19-24-13-11-22-5-1-3-7-27(22)30-24)20-25-14-12-23-6-2-4-8-28(23)31-25;/h1-16H,17-20,29H2;. The second kappa shape index (κ2) is 13.0. The molecule has 0 spiro atoms. The van der Waals surface area contributed by atoms with E-state index in [4.69, 9.17) is 20.2 Å². The molecule has 0 atom stereocenters. The molecule has 8 heteroatoms. The molecule has 36 heavy (non-hydrogen) atoms. The van der Waals surface area contributed by atoms with Gasteiger partial charge in [0.1, 0.15) is 0 Å². The van der Waals surface area contributed by atoms with E-state index in [-0.39, 0.29) is 20.4 Å². The van der Waals surface area contributed by atoms with Gasteiger partial charge in [0.05, 0.1) is 34.5 Å². The first-order valence-corrected chi connectivity index (χ1v) is 12.2. The zero-order chi connectivity index (χ0) is 23.9. The van der Waals surface area contributed by atoms with Gasteiger partial charge in [-0.3, -0.25) is 14.9 Å². The van der Waals surface area contributed by atoms with Gasteiger partial charge in [0.25, 0.3) is 0 Å². The molecule has 183 valence electrons. The molecule has 2 N–H and O–H groups in total. The summed E-state index contributed by atoms with van der Waals surface area (Å²) in [5.74, 6) is 4.92. The van der Waals surface area contributed by atoms with Crippen LogP contribution in [0.4, 0.5) is 0 Å². The summed E-state index contributed by atoms with van der Waals surface area (Å²) in [5.41, 5.74) is 5.38. The second-order valence-electron chi connectivity index (χ2n) is 8.34. The summed E-state index contributed by atoms with van der Waals surface area (Å²) in [5, 5.41) is 2.31. The average molecular weight is 669 g/mol. The monoisotopic (exact) mass is 669 g/mol. The number of benzene rings is 3. The molecular weight excluding hydrogens is 643 g/mol. The summed E-state index contributed by atoms with van der Waals surface area (Å²) >= 11 is 1.08. The van der Waals surface area contributed by atoms with E-state index in [0.29, 0.717) is 0 Å². The number of fused-ring (bicyclic) bond motifs is 2. The Kier molecular flexibility index (Phi) is 9.56. The van der Waals surface area contributed by atoms with Gasteiger partial charge in [0, 0.05) is 55.7 Å². The molecule has 0 amide bonds. The number of pyridine rings is 2. The van der Waals surface area contributed by atoms with E-state index in [1.165, 1.54) is 5.56 Å². The van der Waals surface area contributed by atoms with Gasteiger partial charge in [-0.15, -0.1) is 9.32 Å². The zero-order valence-corrected chi connectivity index (χ0v) is 23.1. The smallest absolute Gasteiger partial charge is 0.0705 e. The Bertz CT molecular complexity index is 1340. The predicted octanol–water partition coefficient (Wildman–Crippen LogP) is 5.85. The number of para-hydroxylation sites is 2. The van der Waals surface area contributed by atoms with Gasteiger partial charge in [-0.1, -0.05) is 60.7 Å². The summed E-state index contributed by atoms with van der Waals surface area (Å²) in [6.07, 6.45) is 0.903. The van der Waals surface area contributed by atoms with Crippen molar-refractivity contribution in [1.29, 1.82) is 0 Å². The molecule has 5 rings (SSSR count). The fourth-order valence-corrected chi connectivity index (χ4v) is 4.49. The van der Waals surface area contributed by atoms with Crippen molar-refractivity contribution < 1.29 is 29.7 Å². The SMILES string of the molecule is NOOSc1ccc(CCN(Cc2ccc3ccccc3n2)Cc2ccc3ccccc3n2)cc1.[Re]. The van der Waals surface area contributed by atoms with Crippen LogP contribution in [-0.4, -0.2) is 21.4 Å². The Morgan fingerprint density at radius 3 is 1.81 bits per heavy atom. The third-order valence-electron chi connectivity index (χ3n) is 5.89. The van der Waals surface area contributed by atoms with Gasteiger partial charge < -0.3 is 0 Å². The molecule has 0 fully saturated rings. The van der Waals surface area contributed by atoms with Crippen molar-refractivity contribution in [2.45, 2.75) is 24.4 Å². The third kappa shape index (κ3) is 6.97. The molecule has 0 bridgehead atoms. The fourth-order valence-electron chi connectivity index (χ4n) is 4.12. The van der Waals surface area contributed by atoms with E-state index in [1.54, 1.807) is 0 Å². The van der Waals surface area contributed by atoms with Gasteiger partial charge in [0.15, 0.2) is 0 Å². The van der Waals surface area contributed by atoms with Gasteiger partial charge in [-0.25, -0.2) is 0 Å². The maximum Gasteiger partial charge on any atom is 0.0705 e. The quantitative estimate of drug-likeness (QED) is 0.114. The van der Waals surface area contributed by atoms with Crippen molar-refractivity contribution in [2.24, 2.45) is 5.90 Å². The van der Waals surface area contributed by atoms with Crippen molar-refractivity contribution in [1.82, 2.24) is 14.9 Å². The molecule has 0 aliphatic rings. The van der Waals surface area contributed by atoms with E-state index in [1.807, 2.05) is 36.4 Å². The summed E-state index contributed by atoms with van der Waals surface area (Å²) in [6.45, 7) is 2.36. The minimum absolute atomic E-state index is 0. The maximum absolute atomic E-state index is 4.92. The van der Waals surface area contributed by atoms with E-state index in [2.05, 4.69) is 70.6 Å². The first kappa shape index (κ1) is 26.4. The van der Waals surface area contributed by atoms with Crippen LogP contribution in [0, 0.1) is 0 Å². The van der Waals surface area contributed by atoms with Crippen molar-refractivity contribution in [3.05, 3.63) is 114 Å². The first-order valence-electron chi connectivity index (χ1n) is 11.5. The molecule has 3 aromatic carbocycles. The molecule has 5 aromatic rings. The number of nitrogens with two attached hydrogens (primary N) is 1. The second-order valence-corrected chi connectivity index (χ2v) is 9.12. The molecular formula is C28H26N4O2ReS.